The Balaban J connectivity index is 1.59. The highest BCUT2D eigenvalue weighted by Crippen LogP contribution is 2.56. The number of aliphatic hydroxyl groups is 3. The second kappa shape index (κ2) is 10.5. The molecule has 3 N–H and O–H groups in total. The maximum absolute atomic E-state index is 13.3. The summed E-state index contributed by atoms with van der Waals surface area (Å²) in [5.41, 5.74) is -0.0661. The second-order valence-corrected chi connectivity index (χ2v) is 13.1. The van der Waals surface area contributed by atoms with E-state index in [4.69, 9.17) is 9.47 Å². The fourth-order valence-corrected chi connectivity index (χ4v) is 6.59. The fourth-order valence-electron chi connectivity index (χ4n) is 5.98. The van der Waals surface area contributed by atoms with E-state index in [9.17, 15) is 24.9 Å². The zero-order valence-electron chi connectivity index (χ0n) is 22.6. The van der Waals surface area contributed by atoms with Crippen molar-refractivity contribution in [3.8, 4) is 0 Å². The molecule has 0 bridgehead atoms. The summed E-state index contributed by atoms with van der Waals surface area (Å²) in [5, 5.41) is 33.7. The van der Waals surface area contributed by atoms with Gasteiger partial charge in [0.2, 0.25) is 0 Å². The zero-order valence-corrected chi connectivity index (χ0v) is 23.5. The van der Waals surface area contributed by atoms with Gasteiger partial charge < -0.3 is 24.8 Å². The Morgan fingerprint density at radius 1 is 1.22 bits per heavy atom. The molecule has 9 atom stereocenters. The number of aliphatic hydroxyl groups excluding tert-OH is 3. The molecule has 4 rings (SSSR count). The number of ketones is 1. The summed E-state index contributed by atoms with van der Waals surface area (Å²) in [7, 11) is 0. The van der Waals surface area contributed by atoms with E-state index in [0.29, 0.717) is 29.0 Å². The van der Waals surface area contributed by atoms with Crippen molar-refractivity contribution in [2.24, 2.45) is 29.1 Å². The summed E-state index contributed by atoms with van der Waals surface area (Å²) in [6.07, 6.45) is 1.13. The number of ether oxygens (including phenoxy) is 2. The Kier molecular flexibility index (Phi) is 8.04. The molecule has 1 aromatic heterocycles. The van der Waals surface area contributed by atoms with Crippen LogP contribution in [0.15, 0.2) is 11.0 Å². The molecule has 0 radical (unpaired) electrons. The summed E-state index contributed by atoms with van der Waals surface area (Å²) < 4.78 is 12.0. The van der Waals surface area contributed by atoms with E-state index in [2.05, 4.69) is 11.9 Å². The first-order chi connectivity index (χ1) is 17.3. The Bertz CT molecular complexity index is 1050. The molecule has 4 unspecified atom stereocenters. The Hall–Kier alpha value is -1.65. The van der Waals surface area contributed by atoms with Gasteiger partial charge in [0.05, 0.1) is 48.0 Å². The third-order valence-corrected chi connectivity index (χ3v) is 9.79. The lowest BCUT2D eigenvalue weighted by Crippen LogP contribution is -2.46. The lowest BCUT2D eigenvalue weighted by Gasteiger charge is -2.34. The number of carbonyl (C=O) groups is 2. The topological polar surface area (TPSA) is 129 Å². The highest BCUT2D eigenvalue weighted by molar-refractivity contribution is 7.09. The highest BCUT2D eigenvalue weighted by Gasteiger charge is 2.58. The maximum Gasteiger partial charge on any atom is 0.309 e. The van der Waals surface area contributed by atoms with E-state index in [1.165, 1.54) is 11.3 Å². The molecule has 37 heavy (non-hydrogen) atoms. The molecular formula is C28H41NO7S. The summed E-state index contributed by atoms with van der Waals surface area (Å²) >= 11 is 1.36. The summed E-state index contributed by atoms with van der Waals surface area (Å²) in [6, 6.07) is 0. The quantitative estimate of drug-likeness (QED) is 0.396. The van der Waals surface area contributed by atoms with Gasteiger partial charge >= 0.3 is 5.97 Å². The number of hydrogen-bond donors (Lipinski definition) is 3. The van der Waals surface area contributed by atoms with Crippen molar-refractivity contribution in [3.63, 3.8) is 0 Å². The van der Waals surface area contributed by atoms with E-state index in [0.717, 1.165) is 18.4 Å². The number of esters is 1. The van der Waals surface area contributed by atoms with Crippen LogP contribution < -0.4 is 0 Å². The standard InChI is InChI=1S/C28H41NO7S/c1-14(7-18-13-37-23(12-30)29-18)20-9-22-28(6,36-22)11-17-8-19(17)15(2)25(33)16(3)26(34)27(4,5)21(31)10-24(32)35-20/h7,13,15-17,19-22,25,30-31,33H,8-12H2,1-6H3/b14-7+/t15-,16+,17?,19?,20-,21-,22?,25-,28?/m0/s1. The summed E-state index contributed by atoms with van der Waals surface area (Å²) in [5.74, 6) is -0.823. The largest absolute Gasteiger partial charge is 0.458 e. The van der Waals surface area contributed by atoms with Crippen molar-refractivity contribution in [2.45, 2.75) is 104 Å². The molecule has 9 heteroatoms. The van der Waals surface area contributed by atoms with Gasteiger partial charge in [0.25, 0.3) is 0 Å². The number of aromatic nitrogens is 1. The van der Waals surface area contributed by atoms with E-state index in [-0.39, 0.29) is 36.4 Å². The van der Waals surface area contributed by atoms with Gasteiger partial charge in [0.15, 0.2) is 0 Å². The number of hydrogen-bond acceptors (Lipinski definition) is 9. The van der Waals surface area contributed by atoms with Gasteiger partial charge in [-0.25, -0.2) is 4.98 Å². The van der Waals surface area contributed by atoms with Crippen molar-refractivity contribution in [2.75, 3.05) is 0 Å². The molecule has 0 aromatic carbocycles. The van der Waals surface area contributed by atoms with E-state index in [1.807, 2.05) is 25.3 Å². The average molecular weight is 536 g/mol. The van der Waals surface area contributed by atoms with Gasteiger partial charge in [-0.1, -0.05) is 27.7 Å². The van der Waals surface area contributed by atoms with Crippen LogP contribution in [-0.2, 0) is 25.7 Å². The van der Waals surface area contributed by atoms with Crippen LogP contribution in [0.25, 0.3) is 6.08 Å². The number of nitrogens with zero attached hydrogens (tertiary/aromatic N) is 1. The molecule has 8 nitrogen and oxygen atoms in total. The Labute approximate surface area is 223 Å². The highest BCUT2D eigenvalue weighted by atomic mass is 32.1. The molecule has 1 aromatic rings. The first-order valence-electron chi connectivity index (χ1n) is 13.3. The van der Waals surface area contributed by atoms with Crippen LogP contribution >= 0.6 is 11.3 Å². The molecule has 2 saturated heterocycles. The summed E-state index contributed by atoms with van der Waals surface area (Å²) in [4.78, 5) is 30.7. The fraction of sp³-hybridized carbons (Fsp3) is 0.750. The predicted molar refractivity (Wildman–Crippen MR) is 139 cm³/mol. The molecule has 0 spiro atoms. The van der Waals surface area contributed by atoms with Crippen LogP contribution in [0.3, 0.4) is 0 Å². The van der Waals surface area contributed by atoms with E-state index < -0.39 is 35.6 Å². The predicted octanol–water partition coefficient (Wildman–Crippen LogP) is 3.52. The molecule has 1 aliphatic carbocycles. The molecule has 3 heterocycles. The minimum absolute atomic E-state index is 0.0459. The van der Waals surface area contributed by atoms with Crippen LogP contribution in [-0.4, -0.2) is 62.1 Å². The zero-order chi connectivity index (χ0) is 27.3. The summed E-state index contributed by atoms with van der Waals surface area (Å²) in [6.45, 7) is 10.8. The molecule has 0 amide bonds. The second-order valence-electron chi connectivity index (χ2n) is 12.2. The minimum atomic E-state index is -1.25. The van der Waals surface area contributed by atoms with Crippen LogP contribution in [0.4, 0.5) is 0 Å². The van der Waals surface area contributed by atoms with E-state index >= 15 is 0 Å². The van der Waals surface area contributed by atoms with Crippen molar-refractivity contribution in [1.82, 2.24) is 4.98 Å². The molecule has 3 aliphatic rings. The molecule has 1 saturated carbocycles. The van der Waals surface area contributed by atoms with Gasteiger partial charge in [-0.15, -0.1) is 11.3 Å². The molecule has 206 valence electrons. The monoisotopic (exact) mass is 535 g/mol. The Morgan fingerprint density at radius 3 is 2.57 bits per heavy atom. The van der Waals surface area contributed by atoms with Crippen molar-refractivity contribution in [1.29, 1.82) is 0 Å². The van der Waals surface area contributed by atoms with Crippen LogP contribution in [0, 0.1) is 29.1 Å². The first-order valence-corrected chi connectivity index (χ1v) is 14.2. The average Bonchev–Trinajstić information content (AvgIpc) is 3.68. The number of rotatable bonds is 3. The third kappa shape index (κ3) is 6.01. The Morgan fingerprint density at radius 2 is 1.92 bits per heavy atom. The normalized spacial score (nSPS) is 40.9. The third-order valence-electron chi connectivity index (χ3n) is 8.94. The van der Waals surface area contributed by atoms with Gasteiger partial charge in [-0.2, -0.15) is 0 Å². The number of fused-ring (bicyclic) bond motifs is 2. The minimum Gasteiger partial charge on any atom is -0.458 e. The molecular weight excluding hydrogens is 494 g/mol. The number of Topliss-reactive ketones (excluding diaryl/α,β-unsaturated/α-hetero) is 1. The number of cyclic esters (lactones) is 1. The van der Waals surface area contributed by atoms with E-state index in [1.54, 1.807) is 20.8 Å². The maximum atomic E-state index is 13.3. The lowest BCUT2D eigenvalue weighted by atomic mass is 9.72. The molecule has 2 aliphatic heterocycles. The van der Waals surface area contributed by atoms with Crippen molar-refractivity contribution >= 4 is 29.2 Å². The number of carbonyl (C=O) groups excluding carboxylic acids is 2. The number of epoxide rings is 1. The van der Waals surface area contributed by atoms with Gasteiger partial charge in [-0.05, 0) is 56.1 Å². The van der Waals surface area contributed by atoms with Crippen LogP contribution in [0.2, 0.25) is 0 Å². The van der Waals surface area contributed by atoms with Crippen molar-refractivity contribution < 1.29 is 34.4 Å². The molecule has 3 fully saturated rings. The van der Waals surface area contributed by atoms with Crippen LogP contribution in [0.1, 0.15) is 77.9 Å². The van der Waals surface area contributed by atoms with Crippen LogP contribution in [0.5, 0.6) is 0 Å². The SMILES string of the molecule is C/C(=C\c1csc(CO)n1)[C@@H]1CC2OC2(C)CC2CC2[C@H](C)[C@H](O)[C@@H](C)C(=O)C(C)(C)[C@@H](O)CC(=O)O1. The first kappa shape index (κ1) is 28.4. The van der Waals surface area contributed by atoms with Gasteiger partial charge in [-0.3, -0.25) is 9.59 Å². The van der Waals surface area contributed by atoms with Gasteiger partial charge in [0, 0.05) is 17.7 Å². The lowest BCUT2D eigenvalue weighted by molar-refractivity contribution is -0.154. The van der Waals surface area contributed by atoms with Gasteiger partial charge in [0.1, 0.15) is 16.9 Å². The smallest absolute Gasteiger partial charge is 0.309 e. The number of thiazole rings is 1. The van der Waals surface area contributed by atoms with Crippen molar-refractivity contribution in [3.05, 3.63) is 21.7 Å².